The van der Waals surface area contributed by atoms with Crippen LogP contribution < -0.4 is 10.6 Å². The number of para-hydroxylation sites is 1. The molecule has 4 nitrogen and oxygen atoms in total. The molecule has 25 heavy (non-hydrogen) atoms. The van der Waals surface area contributed by atoms with E-state index in [-0.39, 0.29) is 17.2 Å². The summed E-state index contributed by atoms with van der Waals surface area (Å²) in [5, 5.41) is 5.62. The van der Waals surface area contributed by atoms with Crippen molar-refractivity contribution in [3.63, 3.8) is 0 Å². The summed E-state index contributed by atoms with van der Waals surface area (Å²) in [6.07, 6.45) is 1.49. The molecule has 3 aromatic rings. The predicted octanol–water partition coefficient (Wildman–Crippen LogP) is 4.22. The van der Waals surface area contributed by atoms with E-state index in [1.54, 1.807) is 36.4 Å². The molecule has 2 aromatic carbocycles. The molecular weight excluding hydrogens is 324 g/mol. The first kappa shape index (κ1) is 16.6. The van der Waals surface area contributed by atoms with E-state index in [0.717, 1.165) is 5.56 Å². The number of rotatable bonds is 5. The normalized spacial score (nSPS) is 10.3. The van der Waals surface area contributed by atoms with E-state index >= 15 is 0 Å². The molecule has 0 fully saturated rings. The van der Waals surface area contributed by atoms with Gasteiger partial charge in [0.1, 0.15) is 17.3 Å². The molecule has 0 aliphatic heterocycles. The molecule has 6 heteroatoms. The van der Waals surface area contributed by atoms with Crippen molar-refractivity contribution in [3.05, 3.63) is 89.8 Å². The van der Waals surface area contributed by atoms with Gasteiger partial charge in [0.25, 0.3) is 5.91 Å². The minimum absolute atomic E-state index is 0.0963. The number of aromatic nitrogens is 1. The highest BCUT2D eigenvalue weighted by Crippen LogP contribution is 2.15. The number of benzene rings is 2. The molecule has 2 N–H and O–H groups in total. The second-order valence-corrected chi connectivity index (χ2v) is 5.34. The number of nitrogens with one attached hydrogen (secondary N) is 2. The van der Waals surface area contributed by atoms with Gasteiger partial charge in [-0.1, -0.05) is 24.3 Å². The van der Waals surface area contributed by atoms with E-state index in [1.807, 2.05) is 0 Å². The Balaban J connectivity index is 1.67. The van der Waals surface area contributed by atoms with Crippen LogP contribution in [0.1, 0.15) is 16.1 Å². The molecule has 0 saturated heterocycles. The third-order valence-corrected chi connectivity index (χ3v) is 3.52. The Bertz CT molecular complexity index is 882. The third kappa shape index (κ3) is 4.38. The van der Waals surface area contributed by atoms with Crippen molar-refractivity contribution in [2.45, 2.75) is 6.54 Å². The van der Waals surface area contributed by atoms with Crippen molar-refractivity contribution in [3.8, 4) is 0 Å². The molecule has 0 atom stereocenters. The van der Waals surface area contributed by atoms with Crippen molar-refractivity contribution in [2.75, 3.05) is 10.6 Å². The fourth-order valence-electron chi connectivity index (χ4n) is 2.22. The van der Waals surface area contributed by atoms with Gasteiger partial charge < -0.3 is 10.6 Å². The number of amides is 1. The number of carbonyl (C=O) groups is 1. The summed E-state index contributed by atoms with van der Waals surface area (Å²) in [5.74, 6) is -1.31. The molecule has 1 amide bonds. The first-order valence-electron chi connectivity index (χ1n) is 7.62. The molecule has 0 radical (unpaired) electrons. The van der Waals surface area contributed by atoms with Gasteiger partial charge in [0.15, 0.2) is 0 Å². The van der Waals surface area contributed by atoms with Crippen molar-refractivity contribution in [2.24, 2.45) is 0 Å². The van der Waals surface area contributed by atoms with Gasteiger partial charge in [-0.05, 0) is 42.0 Å². The first-order valence-corrected chi connectivity index (χ1v) is 7.62. The van der Waals surface area contributed by atoms with Crippen LogP contribution in [-0.2, 0) is 6.54 Å². The Morgan fingerprint density at radius 2 is 1.76 bits per heavy atom. The van der Waals surface area contributed by atoms with Gasteiger partial charge in [0.2, 0.25) is 0 Å². The van der Waals surface area contributed by atoms with E-state index in [2.05, 4.69) is 15.6 Å². The van der Waals surface area contributed by atoms with Gasteiger partial charge >= 0.3 is 0 Å². The quantitative estimate of drug-likeness (QED) is 0.732. The fraction of sp³-hybridized carbons (Fsp3) is 0.0526. The van der Waals surface area contributed by atoms with Gasteiger partial charge in [-0.25, -0.2) is 8.78 Å². The van der Waals surface area contributed by atoms with Gasteiger partial charge in [-0.3, -0.25) is 9.78 Å². The zero-order valence-corrected chi connectivity index (χ0v) is 13.2. The molecule has 0 saturated carbocycles. The minimum atomic E-state index is -0.513. The lowest BCUT2D eigenvalue weighted by Crippen LogP contribution is -2.15. The molecule has 3 rings (SSSR count). The topological polar surface area (TPSA) is 54.0 Å². The van der Waals surface area contributed by atoms with Crippen molar-refractivity contribution in [1.29, 1.82) is 0 Å². The standard InChI is InChI=1S/C19H15F2N3O/c20-14-7-5-13(6-8-14)12-23-15-9-10-22-18(11-15)19(25)24-17-4-2-1-3-16(17)21/h1-11H,12H2,(H,22,23)(H,24,25). The number of nitrogens with zero attached hydrogens (tertiary/aromatic N) is 1. The van der Waals surface area contributed by atoms with Crippen LogP contribution in [0.4, 0.5) is 20.2 Å². The molecule has 126 valence electrons. The van der Waals surface area contributed by atoms with Crippen LogP contribution in [0.3, 0.4) is 0 Å². The number of hydrogen-bond donors (Lipinski definition) is 2. The molecule has 1 heterocycles. The Morgan fingerprint density at radius 1 is 1.00 bits per heavy atom. The monoisotopic (exact) mass is 339 g/mol. The second-order valence-electron chi connectivity index (χ2n) is 5.34. The van der Waals surface area contributed by atoms with E-state index in [9.17, 15) is 13.6 Å². The molecule has 0 aliphatic carbocycles. The van der Waals surface area contributed by atoms with Crippen molar-refractivity contribution >= 4 is 17.3 Å². The summed E-state index contributed by atoms with van der Waals surface area (Å²) in [6, 6.07) is 15.3. The molecule has 1 aromatic heterocycles. The Kier molecular flexibility index (Phi) is 4.99. The lowest BCUT2D eigenvalue weighted by molar-refractivity contribution is 0.102. The molecular formula is C19H15F2N3O. The highest BCUT2D eigenvalue weighted by molar-refractivity contribution is 6.03. The molecule has 0 spiro atoms. The van der Waals surface area contributed by atoms with Crippen LogP contribution in [0.5, 0.6) is 0 Å². The number of halogens is 2. The van der Waals surface area contributed by atoms with E-state index in [0.29, 0.717) is 12.2 Å². The summed E-state index contributed by atoms with van der Waals surface area (Å²) < 4.78 is 26.5. The largest absolute Gasteiger partial charge is 0.381 e. The predicted molar refractivity (Wildman–Crippen MR) is 92.3 cm³/mol. The fourth-order valence-corrected chi connectivity index (χ4v) is 2.22. The van der Waals surface area contributed by atoms with E-state index in [4.69, 9.17) is 0 Å². The van der Waals surface area contributed by atoms with Gasteiger partial charge in [-0.2, -0.15) is 0 Å². The zero-order chi connectivity index (χ0) is 17.6. The van der Waals surface area contributed by atoms with Gasteiger partial charge in [0.05, 0.1) is 5.69 Å². The summed E-state index contributed by atoms with van der Waals surface area (Å²) in [5.41, 5.74) is 1.83. The van der Waals surface area contributed by atoms with Gasteiger partial charge in [0, 0.05) is 18.4 Å². The van der Waals surface area contributed by atoms with E-state index in [1.165, 1.54) is 30.5 Å². The summed E-state index contributed by atoms with van der Waals surface area (Å²) in [7, 11) is 0. The Morgan fingerprint density at radius 3 is 2.52 bits per heavy atom. The average molecular weight is 339 g/mol. The average Bonchev–Trinajstić information content (AvgIpc) is 2.63. The summed E-state index contributed by atoms with van der Waals surface area (Å²) >= 11 is 0. The Hall–Kier alpha value is -3.28. The van der Waals surface area contributed by atoms with Crippen molar-refractivity contribution in [1.82, 2.24) is 4.98 Å². The summed E-state index contributed by atoms with van der Waals surface area (Å²) in [4.78, 5) is 16.2. The SMILES string of the molecule is O=C(Nc1ccccc1F)c1cc(NCc2ccc(F)cc2)ccn1. The highest BCUT2D eigenvalue weighted by Gasteiger charge is 2.10. The Labute approximate surface area is 143 Å². The van der Waals surface area contributed by atoms with Crippen LogP contribution in [-0.4, -0.2) is 10.9 Å². The van der Waals surface area contributed by atoms with Crippen LogP contribution >= 0.6 is 0 Å². The van der Waals surface area contributed by atoms with Gasteiger partial charge in [-0.15, -0.1) is 0 Å². The van der Waals surface area contributed by atoms with Crippen LogP contribution in [0.25, 0.3) is 0 Å². The first-order chi connectivity index (χ1) is 12.1. The summed E-state index contributed by atoms with van der Waals surface area (Å²) in [6.45, 7) is 0.471. The number of anilines is 2. The molecule has 0 bridgehead atoms. The molecule has 0 unspecified atom stereocenters. The minimum Gasteiger partial charge on any atom is -0.381 e. The van der Waals surface area contributed by atoms with Crippen LogP contribution in [0.2, 0.25) is 0 Å². The zero-order valence-electron chi connectivity index (χ0n) is 13.2. The maximum absolute atomic E-state index is 13.6. The molecule has 0 aliphatic rings. The van der Waals surface area contributed by atoms with Crippen molar-refractivity contribution < 1.29 is 13.6 Å². The lowest BCUT2D eigenvalue weighted by atomic mass is 10.2. The van der Waals surface area contributed by atoms with Crippen LogP contribution in [0, 0.1) is 11.6 Å². The lowest BCUT2D eigenvalue weighted by Gasteiger charge is -2.09. The highest BCUT2D eigenvalue weighted by atomic mass is 19.1. The number of pyridine rings is 1. The smallest absolute Gasteiger partial charge is 0.274 e. The second kappa shape index (κ2) is 7.53. The van der Waals surface area contributed by atoms with Crippen LogP contribution in [0.15, 0.2) is 66.9 Å². The number of carbonyl (C=O) groups excluding carboxylic acids is 1. The maximum Gasteiger partial charge on any atom is 0.274 e. The third-order valence-electron chi connectivity index (χ3n) is 3.52. The number of hydrogen-bond acceptors (Lipinski definition) is 3. The van der Waals surface area contributed by atoms with E-state index < -0.39 is 11.7 Å². The maximum atomic E-state index is 13.6.